The summed E-state index contributed by atoms with van der Waals surface area (Å²) in [6, 6.07) is 8.02. The monoisotopic (exact) mass is 394 g/mol. The Morgan fingerprint density at radius 3 is 2.44 bits per heavy atom. The highest BCUT2D eigenvalue weighted by Crippen LogP contribution is 2.35. The third kappa shape index (κ3) is 3.50. The van der Waals surface area contributed by atoms with Gasteiger partial charge in [-0.25, -0.2) is 0 Å². The molecule has 1 aliphatic carbocycles. The molecule has 0 amide bonds. The third-order valence-electron chi connectivity index (χ3n) is 3.39. The van der Waals surface area contributed by atoms with E-state index in [1.165, 1.54) is 12.8 Å². The summed E-state index contributed by atoms with van der Waals surface area (Å²) in [6.07, 6.45) is 2.64. The van der Waals surface area contributed by atoms with Gasteiger partial charge in [0.15, 0.2) is 0 Å². The predicted octanol–water partition coefficient (Wildman–Crippen LogP) is 4.79. The zero-order valence-electron chi connectivity index (χ0n) is 10.2. The summed E-state index contributed by atoms with van der Waals surface area (Å²) in [5.41, 5.74) is 1.06. The van der Waals surface area contributed by atoms with Gasteiger partial charge in [-0.05, 0) is 30.4 Å². The molecule has 0 aliphatic heterocycles. The van der Waals surface area contributed by atoms with E-state index in [1.54, 1.807) is 0 Å². The highest BCUT2D eigenvalue weighted by atomic mass is 79.9. The fraction of sp³-hybridized carbons (Fsp3) is 0.571. The first-order valence-corrected chi connectivity index (χ1v) is 8.78. The zero-order chi connectivity index (χ0) is 13.0. The molecule has 2 rings (SSSR count). The van der Waals surface area contributed by atoms with E-state index in [1.807, 2.05) is 18.2 Å². The lowest BCUT2D eigenvalue weighted by Crippen LogP contribution is -2.36. The van der Waals surface area contributed by atoms with Gasteiger partial charge in [0.2, 0.25) is 0 Å². The minimum Gasteiger partial charge on any atom is -0.380 e. The number of hydrogen-bond donors (Lipinski definition) is 0. The molecular weight excluding hydrogens is 379 g/mol. The Hall–Kier alpha value is 0.430. The second-order valence-corrected chi connectivity index (χ2v) is 6.51. The summed E-state index contributed by atoms with van der Waals surface area (Å²) >= 11 is 13.6. The summed E-state index contributed by atoms with van der Waals surface area (Å²) in [7, 11) is 0. The minimum atomic E-state index is -0.0900. The Bertz CT molecular complexity index is 389. The zero-order valence-corrected chi connectivity index (χ0v) is 14.1. The fourth-order valence-electron chi connectivity index (χ4n) is 1.93. The SMILES string of the molecule is Clc1ccccc1C(CBr)(CBr)COCC1CC1. The summed E-state index contributed by atoms with van der Waals surface area (Å²) < 4.78 is 5.90. The lowest BCUT2D eigenvalue weighted by atomic mass is 9.85. The van der Waals surface area contributed by atoms with E-state index in [4.69, 9.17) is 16.3 Å². The van der Waals surface area contributed by atoms with Gasteiger partial charge in [-0.1, -0.05) is 61.7 Å². The van der Waals surface area contributed by atoms with Crippen molar-refractivity contribution < 1.29 is 4.74 Å². The molecular formula is C14H17Br2ClO. The molecule has 1 aromatic rings. The van der Waals surface area contributed by atoms with Crippen LogP contribution in [0.1, 0.15) is 18.4 Å². The molecule has 4 heteroatoms. The lowest BCUT2D eigenvalue weighted by molar-refractivity contribution is 0.0905. The van der Waals surface area contributed by atoms with E-state index in [9.17, 15) is 0 Å². The summed E-state index contributed by atoms with van der Waals surface area (Å²) in [6.45, 7) is 1.58. The molecule has 0 atom stereocenters. The Balaban J connectivity index is 2.11. The van der Waals surface area contributed by atoms with Gasteiger partial charge in [0.25, 0.3) is 0 Å². The molecule has 100 valence electrons. The molecule has 1 aliphatic rings. The van der Waals surface area contributed by atoms with Gasteiger partial charge < -0.3 is 4.74 Å². The second kappa shape index (κ2) is 6.74. The summed E-state index contributed by atoms with van der Waals surface area (Å²) in [4.78, 5) is 0. The van der Waals surface area contributed by atoms with E-state index in [0.29, 0.717) is 6.61 Å². The van der Waals surface area contributed by atoms with Crippen LogP contribution in [-0.4, -0.2) is 23.9 Å². The van der Waals surface area contributed by atoms with Crippen molar-refractivity contribution in [3.8, 4) is 0 Å². The Labute approximate surface area is 130 Å². The van der Waals surface area contributed by atoms with E-state index in [-0.39, 0.29) is 5.41 Å². The van der Waals surface area contributed by atoms with Crippen LogP contribution in [0.3, 0.4) is 0 Å². The van der Waals surface area contributed by atoms with Crippen molar-refractivity contribution in [2.45, 2.75) is 18.3 Å². The molecule has 1 fully saturated rings. The molecule has 0 aromatic heterocycles. The van der Waals surface area contributed by atoms with Gasteiger partial charge >= 0.3 is 0 Å². The van der Waals surface area contributed by atoms with Crippen molar-refractivity contribution in [1.82, 2.24) is 0 Å². The molecule has 0 unspecified atom stereocenters. The quantitative estimate of drug-likeness (QED) is 0.602. The maximum atomic E-state index is 6.32. The Morgan fingerprint density at radius 1 is 1.22 bits per heavy atom. The highest BCUT2D eigenvalue weighted by Gasteiger charge is 2.33. The van der Waals surface area contributed by atoms with Crippen molar-refractivity contribution in [2.24, 2.45) is 5.92 Å². The smallest absolute Gasteiger partial charge is 0.0579 e. The van der Waals surface area contributed by atoms with Crippen LogP contribution in [0.15, 0.2) is 24.3 Å². The maximum absolute atomic E-state index is 6.32. The number of benzene rings is 1. The van der Waals surface area contributed by atoms with Gasteiger partial charge in [0.05, 0.1) is 6.61 Å². The number of ether oxygens (including phenoxy) is 1. The van der Waals surface area contributed by atoms with Gasteiger partial charge in [-0.15, -0.1) is 0 Å². The number of rotatable bonds is 7. The van der Waals surface area contributed by atoms with Crippen molar-refractivity contribution in [2.75, 3.05) is 23.9 Å². The summed E-state index contributed by atoms with van der Waals surface area (Å²) in [5, 5.41) is 2.48. The van der Waals surface area contributed by atoms with Crippen LogP contribution in [0.25, 0.3) is 0 Å². The molecule has 1 aromatic carbocycles. The van der Waals surface area contributed by atoms with E-state index >= 15 is 0 Å². The van der Waals surface area contributed by atoms with Gasteiger partial charge in [0, 0.05) is 27.7 Å². The van der Waals surface area contributed by atoms with E-state index in [2.05, 4.69) is 37.9 Å². The van der Waals surface area contributed by atoms with Crippen molar-refractivity contribution in [1.29, 1.82) is 0 Å². The lowest BCUT2D eigenvalue weighted by Gasteiger charge is -2.31. The topological polar surface area (TPSA) is 9.23 Å². The van der Waals surface area contributed by atoms with E-state index in [0.717, 1.165) is 33.8 Å². The number of halogens is 3. The van der Waals surface area contributed by atoms with Gasteiger partial charge in [-0.3, -0.25) is 0 Å². The average molecular weight is 397 g/mol. The standard InChI is InChI=1S/C14H17Br2ClO/c15-8-14(9-16,10-18-7-11-5-6-11)12-3-1-2-4-13(12)17/h1-4,11H,5-10H2. The molecule has 1 nitrogen and oxygen atoms in total. The van der Waals surface area contributed by atoms with Crippen LogP contribution in [0.4, 0.5) is 0 Å². The predicted molar refractivity (Wildman–Crippen MR) is 84.3 cm³/mol. The summed E-state index contributed by atoms with van der Waals surface area (Å²) in [5.74, 6) is 0.791. The largest absolute Gasteiger partial charge is 0.380 e. The van der Waals surface area contributed by atoms with Crippen LogP contribution < -0.4 is 0 Å². The Kier molecular flexibility index (Phi) is 5.55. The maximum Gasteiger partial charge on any atom is 0.0579 e. The van der Waals surface area contributed by atoms with Crippen LogP contribution in [0.5, 0.6) is 0 Å². The molecule has 0 saturated heterocycles. The van der Waals surface area contributed by atoms with E-state index < -0.39 is 0 Å². The Morgan fingerprint density at radius 2 is 1.89 bits per heavy atom. The molecule has 0 bridgehead atoms. The fourth-order valence-corrected chi connectivity index (χ4v) is 4.12. The first-order chi connectivity index (χ1) is 8.72. The first kappa shape index (κ1) is 14.8. The van der Waals surface area contributed by atoms with Crippen LogP contribution >= 0.6 is 43.5 Å². The van der Waals surface area contributed by atoms with Crippen LogP contribution in [0, 0.1) is 5.92 Å². The first-order valence-electron chi connectivity index (χ1n) is 6.16. The van der Waals surface area contributed by atoms with Crippen LogP contribution in [-0.2, 0) is 10.2 Å². The van der Waals surface area contributed by atoms with Crippen molar-refractivity contribution in [3.63, 3.8) is 0 Å². The van der Waals surface area contributed by atoms with Crippen molar-refractivity contribution in [3.05, 3.63) is 34.9 Å². The third-order valence-corrected chi connectivity index (χ3v) is 5.86. The van der Waals surface area contributed by atoms with Gasteiger partial charge in [0.1, 0.15) is 0 Å². The minimum absolute atomic E-state index is 0.0900. The average Bonchev–Trinajstić information content (AvgIpc) is 3.20. The van der Waals surface area contributed by atoms with Crippen LogP contribution in [0.2, 0.25) is 5.02 Å². The molecule has 0 spiro atoms. The number of alkyl halides is 2. The van der Waals surface area contributed by atoms with Crippen molar-refractivity contribution >= 4 is 43.5 Å². The highest BCUT2D eigenvalue weighted by molar-refractivity contribution is 9.09. The van der Waals surface area contributed by atoms with Gasteiger partial charge in [-0.2, -0.15) is 0 Å². The second-order valence-electron chi connectivity index (χ2n) is 4.99. The normalized spacial score (nSPS) is 15.9. The molecule has 0 N–H and O–H groups in total. The molecule has 1 saturated carbocycles. The molecule has 18 heavy (non-hydrogen) atoms. The molecule has 0 heterocycles. The number of hydrogen-bond acceptors (Lipinski definition) is 1. The molecule has 0 radical (unpaired) electrons.